The van der Waals surface area contributed by atoms with E-state index in [4.69, 9.17) is 25.8 Å². The number of halogens is 1. The molecule has 2 aromatic rings. The van der Waals surface area contributed by atoms with Crippen molar-refractivity contribution in [1.82, 2.24) is 9.62 Å². The van der Waals surface area contributed by atoms with Gasteiger partial charge in [0.05, 0.1) is 43.5 Å². The Hall–Kier alpha value is -2.63. The number of sulfonamides is 1. The first-order valence-electron chi connectivity index (χ1n) is 18.5. The maximum Gasteiger partial charge on any atom is 0.264 e. The summed E-state index contributed by atoms with van der Waals surface area (Å²) in [7, 11) is -3.95. The van der Waals surface area contributed by atoms with Crippen LogP contribution in [-0.4, -0.2) is 89.7 Å². The van der Waals surface area contributed by atoms with Crippen molar-refractivity contribution >= 4 is 33.2 Å². The van der Waals surface area contributed by atoms with Crippen molar-refractivity contribution < 1.29 is 27.4 Å². The molecule has 0 unspecified atom stereocenters. The third-order valence-corrected chi connectivity index (χ3v) is 14.5. The van der Waals surface area contributed by atoms with Gasteiger partial charge in [0.25, 0.3) is 5.91 Å². The second-order valence-corrected chi connectivity index (χ2v) is 17.8. The highest BCUT2D eigenvalue weighted by Crippen LogP contribution is 2.47. The molecule has 1 N–H and O–H groups in total. The molecule has 0 radical (unpaired) electrons. The molecule has 5 aliphatic rings. The third-order valence-electron chi connectivity index (χ3n) is 12.4. The number of allylic oxidation sites excluding steroid dienone is 1. The van der Waals surface area contributed by atoms with Gasteiger partial charge in [0.1, 0.15) is 5.75 Å². The van der Waals surface area contributed by atoms with Crippen LogP contribution in [-0.2, 0) is 31.3 Å². The highest BCUT2D eigenvalue weighted by atomic mass is 35.5. The van der Waals surface area contributed by atoms with Gasteiger partial charge in [-0.1, -0.05) is 43.7 Å². The SMILES string of the molecule is C[C@@H]1[C@@H](C)S(=O)(=O)NC(=O)c2ccc3c(c2)N(C[C@@H]2CC[C@H]2[C@@H](OCCN2CCOCC2)/C=C\[C@@H]1C)C[C@@]1(CCCc2cc(Cl)ccc21)CO3. The number of fused-ring (bicyclic) bond motifs is 4. The molecule has 2 aromatic carbocycles. The van der Waals surface area contributed by atoms with E-state index < -0.39 is 21.2 Å². The second kappa shape index (κ2) is 14.8. The number of hydrogen-bond donors (Lipinski definition) is 1. The number of aryl methyl sites for hydroxylation is 1. The van der Waals surface area contributed by atoms with Crippen LogP contribution in [0.15, 0.2) is 48.6 Å². The molecule has 50 heavy (non-hydrogen) atoms. The zero-order valence-corrected chi connectivity index (χ0v) is 31.2. The molecule has 1 saturated heterocycles. The largest absolute Gasteiger partial charge is 0.490 e. The number of benzene rings is 2. The quantitative estimate of drug-likeness (QED) is 0.393. The van der Waals surface area contributed by atoms with Crippen molar-refractivity contribution in [2.45, 2.75) is 69.6 Å². The monoisotopic (exact) mass is 725 g/mol. The first-order valence-corrected chi connectivity index (χ1v) is 20.4. The van der Waals surface area contributed by atoms with Crippen LogP contribution >= 0.6 is 11.6 Å². The van der Waals surface area contributed by atoms with Crippen LogP contribution in [0.3, 0.4) is 0 Å². The number of nitrogens with one attached hydrogen (secondary N) is 1. The number of carbonyl (C=O) groups is 1. The molecule has 3 aliphatic heterocycles. The highest BCUT2D eigenvalue weighted by Gasteiger charge is 2.45. The van der Waals surface area contributed by atoms with Gasteiger partial charge in [-0.05, 0) is 104 Å². The van der Waals surface area contributed by atoms with E-state index in [0.29, 0.717) is 36.4 Å². The van der Waals surface area contributed by atoms with E-state index in [2.05, 4.69) is 45.7 Å². The van der Waals surface area contributed by atoms with Crippen LogP contribution in [0, 0.1) is 23.7 Å². The standard InChI is InChI=1S/C39H52ClN3O6S/c1-26-6-12-36(48-20-17-42-15-18-47-19-16-42)33-10-7-31(33)23-43-24-39(14-4-5-29-21-32(40)9-11-34(29)39)25-49-37-13-8-30(22-35(37)43)38(44)41-50(45,46)28(3)27(26)2/h6,8-9,11-13,21-22,26-28,31,33,36H,4-5,7,10,14-20,23-25H2,1-3H3,(H,41,44)/b12-6-/t26-,27-,28+,31-,33+,36-,39-/m0/s1. The summed E-state index contributed by atoms with van der Waals surface area (Å²) in [6.45, 7) is 12.6. The van der Waals surface area contributed by atoms with Gasteiger partial charge >= 0.3 is 0 Å². The summed E-state index contributed by atoms with van der Waals surface area (Å²) in [5.41, 5.74) is 3.45. The molecule has 0 aromatic heterocycles. The van der Waals surface area contributed by atoms with Gasteiger partial charge in [0.2, 0.25) is 10.0 Å². The van der Waals surface area contributed by atoms with Crippen molar-refractivity contribution in [2.75, 3.05) is 64.1 Å². The highest BCUT2D eigenvalue weighted by molar-refractivity contribution is 7.90. The number of morpholine rings is 1. The second-order valence-electron chi connectivity index (χ2n) is 15.4. The number of ether oxygens (including phenoxy) is 3. The molecule has 1 saturated carbocycles. The summed E-state index contributed by atoms with van der Waals surface area (Å²) in [6, 6.07) is 11.6. The number of nitrogens with zero attached hydrogens (tertiary/aromatic N) is 2. The summed E-state index contributed by atoms with van der Waals surface area (Å²) in [6.07, 6.45) is 9.42. The lowest BCUT2D eigenvalue weighted by molar-refractivity contribution is -0.0316. The van der Waals surface area contributed by atoms with Gasteiger partial charge in [-0.2, -0.15) is 0 Å². The molecular formula is C39H52ClN3O6S. The molecule has 1 amide bonds. The summed E-state index contributed by atoms with van der Waals surface area (Å²) in [5.74, 6) is 0.530. The zero-order chi connectivity index (χ0) is 35.0. The Balaban J connectivity index is 1.25. The Morgan fingerprint density at radius 1 is 1.06 bits per heavy atom. The molecule has 7 atom stereocenters. The Bertz CT molecular complexity index is 1700. The third kappa shape index (κ3) is 7.33. The molecular weight excluding hydrogens is 674 g/mol. The average Bonchev–Trinajstić information content (AvgIpc) is 3.24. The molecule has 11 heteroatoms. The molecule has 272 valence electrons. The molecule has 7 rings (SSSR count). The van der Waals surface area contributed by atoms with Crippen molar-refractivity contribution in [3.8, 4) is 5.75 Å². The van der Waals surface area contributed by atoms with Gasteiger partial charge < -0.3 is 19.1 Å². The van der Waals surface area contributed by atoms with E-state index in [-0.39, 0.29) is 23.4 Å². The number of rotatable bonds is 4. The van der Waals surface area contributed by atoms with Crippen LogP contribution < -0.4 is 14.4 Å². The fourth-order valence-corrected chi connectivity index (χ4v) is 10.3. The van der Waals surface area contributed by atoms with E-state index in [9.17, 15) is 13.2 Å². The molecule has 2 aliphatic carbocycles. The molecule has 2 fully saturated rings. The Morgan fingerprint density at radius 2 is 1.88 bits per heavy atom. The fraction of sp³-hybridized carbons (Fsp3) is 0.615. The Labute approximate surface area is 302 Å². The normalized spacial score (nSPS) is 33.6. The predicted molar refractivity (Wildman–Crippen MR) is 197 cm³/mol. The maximum absolute atomic E-state index is 13.6. The topological polar surface area (TPSA) is 97.4 Å². The lowest BCUT2D eigenvalue weighted by atomic mass is 9.68. The number of carbonyl (C=O) groups excluding carboxylic acids is 1. The summed E-state index contributed by atoms with van der Waals surface area (Å²) >= 11 is 6.47. The lowest BCUT2D eigenvalue weighted by Gasteiger charge is -2.46. The summed E-state index contributed by atoms with van der Waals surface area (Å²) in [4.78, 5) is 18.4. The summed E-state index contributed by atoms with van der Waals surface area (Å²) in [5, 5.41) is -0.0335. The smallest absolute Gasteiger partial charge is 0.264 e. The minimum atomic E-state index is -3.95. The van der Waals surface area contributed by atoms with Gasteiger partial charge in [-0.25, -0.2) is 13.1 Å². The molecule has 3 heterocycles. The van der Waals surface area contributed by atoms with Crippen LogP contribution in [0.25, 0.3) is 0 Å². The van der Waals surface area contributed by atoms with Crippen molar-refractivity contribution in [3.05, 3.63) is 70.3 Å². The van der Waals surface area contributed by atoms with Crippen LogP contribution in [0.2, 0.25) is 5.02 Å². The summed E-state index contributed by atoms with van der Waals surface area (Å²) < 4.78 is 48.5. The van der Waals surface area contributed by atoms with Crippen molar-refractivity contribution in [1.29, 1.82) is 0 Å². The minimum absolute atomic E-state index is 0.0400. The predicted octanol–water partition coefficient (Wildman–Crippen LogP) is 5.85. The van der Waals surface area contributed by atoms with Gasteiger partial charge in [0.15, 0.2) is 0 Å². The first-order chi connectivity index (χ1) is 24.0. The van der Waals surface area contributed by atoms with E-state index >= 15 is 0 Å². The van der Waals surface area contributed by atoms with Gasteiger partial charge in [-0.15, -0.1) is 0 Å². The van der Waals surface area contributed by atoms with Crippen LogP contribution in [0.1, 0.15) is 67.9 Å². The molecule has 2 bridgehead atoms. The fourth-order valence-electron chi connectivity index (χ4n) is 8.71. The van der Waals surface area contributed by atoms with Crippen molar-refractivity contribution in [3.63, 3.8) is 0 Å². The van der Waals surface area contributed by atoms with Gasteiger partial charge in [0, 0.05) is 48.7 Å². The van der Waals surface area contributed by atoms with Crippen molar-refractivity contribution in [2.24, 2.45) is 23.7 Å². The van der Waals surface area contributed by atoms with E-state index in [1.165, 1.54) is 11.1 Å². The van der Waals surface area contributed by atoms with Gasteiger partial charge in [-0.3, -0.25) is 9.69 Å². The van der Waals surface area contributed by atoms with Crippen LogP contribution in [0.5, 0.6) is 5.75 Å². The minimum Gasteiger partial charge on any atom is -0.490 e. The number of anilines is 1. The number of hydrogen-bond acceptors (Lipinski definition) is 8. The lowest BCUT2D eigenvalue weighted by Crippen LogP contribution is -2.50. The number of amides is 1. The Kier molecular flexibility index (Phi) is 10.6. The molecule has 9 nitrogen and oxygen atoms in total. The molecule has 1 spiro atoms. The zero-order valence-electron chi connectivity index (χ0n) is 29.6. The van der Waals surface area contributed by atoms with E-state index in [1.54, 1.807) is 13.0 Å². The average molecular weight is 726 g/mol. The van der Waals surface area contributed by atoms with E-state index in [1.807, 2.05) is 25.1 Å². The van der Waals surface area contributed by atoms with E-state index in [0.717, 1.165) is 88.8 Å². The Morgan fingerprint density at radius 3 is 2.66 bits per heavy atom. The first kappa shape index (κ1) is 35.8. The maximum atomic E-state index is 13.6. The van der Waals surface area contributed by atoms with Crippen LogP contribution in [0.4, 0.5) is 5.69 Å².